The number of hydrogen-bond acceptors (Lipinski definition) is 0. The number of halogens is 1. The van der Waals surface area contributed by atoms with E-state index in [1.807, 2.05) is 0 Å². The molecule has 0 radical (unpaired) electrons. The normalized spacial score (nSPS) is 33.1. The zero-order chi connectivity index (χ0) is 11.7. The first kappa shape index (κ1) is 11.8. The van der Waals surface area contributed by atoms with Crippen molar-refractivity contribution in [1.82, 2.24) is 0 Å². The van der Waals surface area contributed by atoms with E-state index in [1.54, 1.807) is 5.56 Å². The summed E-state index contributed by atoms with van der Waals surface area (Å²) in [6, 6.07) is 9.03. The van der Waals surface area contributed by atoms with Gasteiger partial charge in [0.05, 0.1) is 0 Å². The van der Waals surface area contributed by atoms with Gasteiger partial charge in [-0.25, -0.2) is 0 Å². The third kappa shape index (κ3) is 2.59. The fraction of sp³-hybridized carbons (Fsp3) is 0.625. The van der Waals surface area contributed by atoms with Crippen LogP contribution in [-0.4, -0.2) is 0 Å². The van der Waals surface area contributed by atoms with Crippen molar-refractivity contribution < 1.29 is 0 Å². The van der Waals surface area contributed by atoms with Gasteiger partial charge < -0.3 is 0 Å². The predicted molar refractivity (Wildman–Crippen MR) is 76.2 cm³/mol. The van der Waals surface area contributed by atoms with Crippen LogP contribution in [0.3, 0.4) is 0 Å². The molecule has 92 valence electrons. The van der Waals surface area contributed by atoms with Crippen molar-refractivity contribution in [3.05, 3.63) is 34.3 Å². The van der Waals surface area contributed by atoms with Crippen LogP contribution < -0.4 is 0 Å². The van der Waals surface area contributed by atoms with E-state index in [0.29, 0.717) is 0 Å². The summed E-state index contributed by atoms with van der Waals surface area (Å²) < 4.78 is 1.20. The topological polar surface area (TPSA) is 0 Å². The van der Waals surface area contributed by atoms with Gasteiger partial charge in [-0.15, -0.1) is 0 Å². The van der Waals surface area contributed by atoms with Gasteiger partial charge in [0.25, 0.3) is 0 Å². The van der Waals surface area contributed by atoms with Crippen LogP contribution in [0, 0.1) is 11.8 Å². The molecule has 0 heterocycles. The average molecular weight is 293 g/mol. The highest BCUT2D eigenvalue weighted by Crippen LogP contribution is 2.46. The number of hydrogen-bond donors (Lipinski definition) is 0. The van der Waals surface area contributed by atoms with Gasteiger partial charge in [0.2, 0.25) is 0 Å². The molecule has 2 aliphatic rings. The van der Waals surface area contributed by atoms with E-state index < -0.39 is 0 Å². The zero-order valence-electron chi connectivity index (χ0n) is 10.4. The summed E-state index contributed by atoms with van der Waals surface area (Å²) in [4.78, 5) is 0. The SMILES string of the molecule is Brc1ccc(C2CCC3CCCCC3C2)cc1. The predicted octanol–water partition coefficient (Wildman–Crippen LogP) is 5.52. The molecule has 0 aliphatic heterocycles. The van der Waals surface area contributed by atoms with Crippen LogP contribution >= 0.6 is 15.9 Å². The Morgan fingerprint density at radius 2 is 1.53 bits per heavy atom. The summed E-state index contributed by atoms with van der Waals surface area (Å²) in [7, 11) is 0. The Kier molecular flexibility index (Phi) is 3.56. The zero-order valence-corrected chi connectivity index (χ0v) is 12.0. The second-order valence-electron chi connectivity index (χ2n) is 5.87. The molecule has 2 saturated carbocycles. The van der Waals surface area contributed by atoms with Crippen molar-refractivity contribution in [3.63, 3.8) is 0 Å². The average Bonchev–Trinajstić information content (AvgIpc) is 2.39. The standard InChI is InChI=1S/C16H21Br/c17-16-9-7-13(8-10-16)15-6-5-12-3-1-2-4-14(12)11-15/h7-10,12,14-15H,1-6,11H2. The van der Waals surface area contributed by atoms with Gasteiger partial charge in [-0.3, -0.25) is 0 Å². The first-order chi connectivity index (χ1) is 8.33. The molecule has 0 spiro atoms. The Morgan fingerprint density at radius 3 is 2.29 bits per heavy atom. The van der Waals surface area contributed by atoms with E-state index in [9.17, 15) is 0 Å². The van der Waals surface area contributed by atoms with E-state index in [1.165, 1.54) is 49.4 Å². The first-order valence-electron chi connectivity index (χ1n) is 7.08. The van der Waals surface area contributed by atoms with Gasteiger partial charge >= 0.3 is 0 Å². The van der Waals surface area contributed by atoms with Crippen molar-refractivity contribution >= 4 is 15.9 Å². The van der Waals surface area contributed by atoms with Crippen LogP contribution in [-0.2, 0) is 0 Å². The fourth-order valence-corrected chi connectivity index (χ4v) is 4.18. The van der Waals surface area contributed by atoms with Crippen LogP contribution in [0.1, 0.15) is 56.4 Å². The van der Waals surface area contributed by atoms with Crippen molar-refractivity contribution in [2.24, 2.45) is 11.8 Å². The molecule has 3 rings (SSSR count). The van der Waals surface area contributed by atoms with Gasteiger partial charge in [0.15, 0.2) is 0 Å². The minimum Gasteiger partial charge on any atom is -0.0576 e. The van der Waals surface area contributed by atoms with E-state index in [-0.39, 0.29) is 0 Å². The molecule has 3 atom stereocenters. The first-order valence-corrected chi connectivity index (χ1v) is 7.87. The van der Waals surface area contributed by atoms with Crippen molar-refractivity contribution in [3.8, 4) is 0 Å². The molecule has 2 aliphatic carbocycles. The van der Waals surface area contributed by atoms with Gasteiger partial charge in [-0.05, 0) is 54.7 Å². The summed E-state index contributed by atoms with van der Waals surface area (Å²) in [5.74, 6) is 2.93. The van der Waals surface area contributed by atoms with Crippen LogP contribution in [0.5, 0.6) is 0 Å². The lowest BCUT2D eigenvalue weighted by molar-refractivity contribution is 0.155. The second kappa shape index (κ2) is 5.14. The third-order valence-electron chi connectivity index (χ3n) is 4.88. The van der Waals surface area contributed by atoms with Crippen molar-refractivity contribution in [2.45, 2.75) is 50.9 Å². The lowest BCUT2D eigenvalue weighted by Crippen LogP contribution is -2.26. The number of fused-ring (bicyclic) bond motifs is 1. The van der Waals surface area contributed by atoms with Crippen LogP contribution in [0.4, 0.5) is 0 Å². The molecule has 0 amide bonds. The highest BCUT2D eigenvalue weighted by atomic mass is 79.9. The molecule has 0 saturated heterocycles. The summed E-state index contributed by atoms with van der Waals surface area (Å²) >= 11 is 3.52. The van der Waals surface area contributed by atoms with Crippen LogP contribution in [0.15, 0.2) is 28.7 Å². The molecule has 1 heteroatoms. The molecule has 17 heavy (non-hydrogen) atoms. The van der Waals surface area contributed by atoms with Crippen LogP contribution in [0.2, 0.25) is 0 Å². The second-order valence-corrected chi connectivity index (χ2v) is 6.78. The molecule has 0 N–H and O–H groups in total. The maximum atomic E-state index is 3.52. The molecule has 1 aromatic carbocycles. The monoisotopic (exact) mass is 292 g/mol. The summed E-state index contributed by atoms with van der Waals surface area (Å²) in [5.41, 5.74) is 1.57. The molecule has 2 fully saturated rings. The largest absolute Gasteiger partial charge is 0.0576 e. The molecule has 1 aromatic rings. The number of benzene rings is 1. The lowest BCUT2D eigenvalue weighted by Gasteiger charge is -2.39. The van der Waals surface area contributed by atoms with E-state index in [0.717, 1.165) is 17.8 Å². The molecule has 0 bridgehead atoms. The Labute approximate surface area is 113 Å². The molecule has 0 nitrogen and oxygen atoms in total. The smallest absolute Gasteiger partial charge is 0.0175 e. The fourth-order valence-electron chi connectivity index (χ4n) is 3.91. The Morgan fingerprint density at radius 1 is 0.824 bits per heavy atom. The van der Waals surface area contributed by atoms with Crippen molar-refractivity contribution in [1.29, 1.82) is 0 Å². The summed E-state index contributed by atoms with van der Waals surface area (Å²) in [6.07, 6.45) is 10.3. The van der Waals surface area contributed by atoms with E-state index >= 15 is 0 Å². The van der Waals surface area contributed by atoms with Crippen LogP contribution in [0.25, 0.3) is 0 Å². The number of rotatable bonds is 1. The highest BCUT2D eigenvalue weighted by molar-refractivity contribution is 9.10. The Hall–Kier alpha value is -0.300. The maximum Gasteiger partial charge on any atom is 0.0175 e. The summed E-state index contributed by atoms with van der Waals surface area (Å²) in [6.45, 7) is 0. The quantitative estimate of drug-likeness (QED) is 0.639. The van der Waals surface area contributed by atoms with Gasteiger partial charge in [-0.1, -0.05) is 53.7 Å². The molecular formula is C16H21Br. The highest BCUT2D eigenvalue weighted by Gasteiger charge is 2.32. The summed E-state index contributed by atoms with van der Waals surface area (Å²) in [5, 5.41) is 0. The molecule has 0 aromatic heterocycles. The molecule has 3 unspecified atom stereocenters. The minimum atomic E-state index is 0.836. The van der Waals surface area contributed by atoms with Crippen molar-refractivity contribution in [2.75, 3.05) is 0 Å². The molecular weight excluding hydrogens is 272 g/mol. The minimum absolute atomic E-state index is 0.836. The van der Waals surface area contributed by atoms with Gasteiger partial charge in [0, 0.05) is 4.47 Å². The van der Waals surface area contributed by atoms with Gasteiger partial charge in [0.1, 0.15) is 0 Å². The Balaban J connectivity index is 1.71. The lowest BCUT2D eigenvalue weighted by atomic mass is 9.66. The van der Waals surface area contributed by atoms with E-state index in [4.69, 9.17) is 0 Å². The maximum absolute atomic E-state index is 3.52. The van der Waals surface area contributed by atoms with Gasteiger partial charge in [-0.2, -0.15) is 0 Å². The third-order valence-corrected chi connectivity index (χ3v) is 5.41. The van der Waals surface area contributed by atoms with E-state index in [2.05, 4.69) is 40.2 Å². The Bertz CT molecular complexity index is 368.